The molecular weight excluding hydrogens is 268 g/mol. The molecule has 0 amide bonds. The number of carbonyl (C=O) groups is 1. The van der Waals surface area contributed by atoms with Crippen LogP contribution in [0.15, 0.2) is 0 Å². The zero-order valence-electron chi connectivity index (χ0n) is 13.4. The van der Waals surface area contributed by atoms with Gasteiger partial charge in [0.05, 0.1) is 7.11 Å². The van der Waals surface area contributed by atoms with Crippen molar-refractivity contribution in [3.8, 4) is 0 Å². The highest BCUT2D eigenvalue weighted by Gasteiger charge is 2.30. The molecule has 2 N–H and O–H groups in total. The summed E-state index contributed by atoms with van der Waals surface area (Å²) < 4.78 is 6.63. The summed E-state index contributed by atoms with van der Waals surface area (Å²) in [5, 5.41) is 4.61. The SMILES string of the molecule is COC(=O)c1c(N2CCCCC2C)nn(CC(C)C)c1N. The zero-order chi connectivity index (χ0) is 15.6. The third-order valence-electron chi connectivity index (χ3n) is 3.98. The van der Waals surface area contributed by atoms with E-state index in [0.717, 1.165) is 19.4 Å². The third-order valence-corrected chi connectivity index (χ3v) is 3.98. The monoisotopic (exact) mass is 294 g/mol. The van der Waals surface area contributed by atoms with Crippen molar-refractivity contribution in [2.24, 2.45) is 5.92 Å². The van der Waals surface area contributed by atoms with Crippen LogP contribution in [0, 0.1) is 5.92 Å². The van der Waals surface area contributed by atoms with E-state index in [1.165, 1.54) is 13.5 Å². The van der Waals surface area contributed by atoms with E-state index < -0.39 is 5.97 Å². The Morgan fingerprint density at radius 2 is 2.19 bits per heavy atom. The molecule has 0 bridgehead atoms. The minimum absolute atomic E-state index is 0.365. The Kier molecular flexibility index (Phi) is 4.75. The van der Waals surface area contributed by atoms with Crippen molar-refractivity contribution in [2.45, 2.75) is 52.6 Å². The Balaban J connectivity index is 2.44. The first-order chi connectivity index (χ1) is 9.95. The number of aromatic nitrogens is 2. The lowest BCUT2D eigenvalue weighted by molar-refractivity contribution is 0.0602. The number of methoxy groups -OCH3 is 1. The number of hydrogen-bond donors (Lipinski definition) is 1. The second-order valence-electron chi connectivity index (χ2n) is 6.19. The molecule has 1 saturated heterocycles. The van der Waals surface area contributed by atoms with Gasteiger partial charge in [-0.25, -0.2) is 9.48 Å². The number of nitrogen functional groups attached to an aromatic ring is 1. The maximum Gasteiger partial charge on any atom is 0.345 e. The summed E-state index contributed by atoms with van der Waals surface area (Å²) in [7, 11) is 1.38. The molecule has 0 spiro atoms. The van der Waals surface area contributed by atoms with Crippen LogP contribution in [0.3, 0.4) is 0 Å². The average Bonchev–Trinajstić information content (AvgIpc) is 2.75. The van der Waals surface area contributed by atoms with E-state index in [9.17, 15) is 4.79 Å². The van der Waals surface area contributed by atoms with Crippen molar-refractivity contribution in [2.75, 3.05) is 24.3 Å². The smallest absolute Gasteiger partial charge is 0.345 e. The van der Waals surface area contributed by atoms with Gasteiger partial charge in [-0.2, -0.15) is 5.10 Å². The topological polar surface area (TPSA) is 73.4 Å². The van der Waals surface area contributed by atoms with Crippen LogP contribution < -0.4 is 10.6 Å². The first-order valence-electron chi connectivity index (χ1n) is 7.67. The van der Waals surface area contributed by atoms with Crippen LogP contribution in [0.5, 0.6) is 0 Å². The number of piperidine rings is 1. The molecule has 2 heterocycles. The van der Waals surface area contributed by atoms with Gasteiger partial charge in [0.2, 0.25) is 0 Å². The molecule has 0 aromatic carbocycles. The molecule has 1 aliphatic rings. The maximum absolute atomic E-state index is 12.1. The molecule has 6 heteroatoms. The molecule has 118 valence electrons. The number of nitrogens with zero attached hydrogens (tertiary/aromatic N) is 3. The lowest BCUT2D eigenvalue weighted by atomic mass is 10.0. The van der Waals surface area contributed by atoms with Crippen LogP contribution in [-0.4, -0.2) is 35.4 Å². The molecule has 1 aromatic heterocycles. The zero-order valence-corrected chi connectivity index (χ0v) is 13.4. The van der Waals surface area contributed by atoms with E-state index in [2.05, 4.69) is 30.8 Å². The number of rotatable bonds is 4. The highest BCUT2D eigenvalue weighted by Crippen LogP contribution is 2.31. The minimum Gasteiger partial charge on any atom is -0.465 e. The number of nitrogens with two attached hydrogens (primary N) is 1. The Labute approximate surface area is 126 Å². The predicted octanol–water partition coefficient (Wildman–Crippen LogP) is 2.29. The van der Waals surface area contributed by atoms with Gasteiger partial charge in [-0.3, -0.25) is 0 Å². The van der Waals surface area contributed by atoms with Crippen LogP contribution >= 0.6 is 0 Å². The van der Waals surface area contributed by atoms with Gasteiger partial charge in [0.25, 0.3) is 0 Å². The van der Waals surface area contributed by atoms with E-state index in [1.54, 1.807) is 4.68 Å². The van der Waals surface area contributed by atoms with Gasteiger partial charge in [0.15, 0.2) is 5.82 Å². The van der Waals surface area contributed by atoms with Crippen LogP contribution in [0.1, 0.15) is 50.4 Å². The Morgan fingerprint density at radius 1 is 1.48 bits per heavy atom. The Bertz CT molecular complexity index is 510. The largest absolute Gasteiger partial charge is 0.465 e. The lowest BCUT2D eigenvalue weighted by Gasteiger charge is -2.33. The van der Waals surface area contributed by atoms with Gasteiger partial charge in [-0.1, -0.05) is 13.8 Å². The summed E-state index contributed by atoms with van der Waals surface area (Å²) in [6.07, 6.45) is 3.44. The molecule has 0 radical (unpaired) electrons. The molecule has 1 aromatic rings. The van der Waals surface area contributed by atoms with E-state index >= 15 is 0 Å². The van der Waals surface area contributed by atoms with E-state index in [4.69, 9.17) is 10.5 Å². The number of ether oxygens (including phenoxy) is 1. The van der Waals surface area contributed by atoms with E-state index in [-0.39, 0.29) is 0 Å². The molecule has 0 aliphatic carbocycles. The van der Waals surface area contributed by atoms with Crippen LogP contribution in [0.4, 0.5) is 11.6 Å². The first kappa shape index (κ1) is 15.7. The second-order valence-corrected chi connectivity index (χ2v) is 6.19. The number of carbonyl (C=O) groups excluding carboxylic acids is 1. The Morgan fingerprint density at radius 3 is 2.76 bits per heavy atom. The average molecular weight is 294 g/mol. The van der Waals surface area contributed by atoms with Gasteiger partial charge in [0.1, 0.15) is 11.4 Å². The molecule has 1 aliphatic heterocycles. The van der Waals surface area contributed by atoms with Gasteiger partial charge in [0, 0.05) is 19.1 Å². The molecule has 0 saturated carbocycles. The second kappa shape index (κ2) is 6.37. The standard InChI is InChI=1S/C15H26N4O2/c1-10(2)9-19-13(16)12(15(20)21-4)14(17-19)18-8-6-5-7-11(18)3/h10-11H,5-9,16H2,1-4H3. The molecule has 1 atom stereocenters. The highest BCUT2D eigenvalue weighted by molar-refractivity contribution is 5.99. The fraction of sp³-hybridized carbons (Fsp3) is 0.733. The van der Waals surface area contributed by atoms with Crippen molar-refractivity contribution in [1.29, 1.82) is 0 Å². The predicted molar refractivity (Wildman–Crippen MR) is 83.5 cm³/mol. The fourth-order valence-electron chi connectivity index (χ4n) is 2.86. The molecule has 6 nitrogen and oxygen atoms in total. The van der Waals surface area contributed by atoms with E-state index in [0.29, 0.717) is 35.7 Å². The van der Waals surface area contributed by atoms with Crippen molar-refractivity contribution >= 4 is 17.6 Å². The highest BCUT2D eigenvalue weighted by atomic mass is 16.5. The maximum atomic E-state index is 12.1. The summed E-state index contributed by atoms with van der Waals surface area (Å²) in [6.45, 7) is 7.96. The number of anilines is 2. The normalized spacial score (nSPS) is 19.1. The summed E-state index contributed by atoms with van der Waals surface area (Å²) in [4.78, 5) is 14.3. The quantitative estimate of drug-likeness (QED) is 0.862. The van der Waals surface area contributed by atoms with Gasteiger partial charge >= 0.3 is 5.97 Å². The first-order valence-corrected chi connectivity index (χ1v) is 7.67. The summed E-state index contributed by atoms with van der Waals surface area (Å²) in [6, 6.07) is 0.365. The lowest BCUT2D eigenvalue weighted by Crippen LogP contribution is -2.38. The Hall–Kier alpha value is -1.72. The number of hydrogen-bond acceptors (Lipinski definition) is 5. The molecule has 1 unspecified atom stereocenters. The minimum atomic E-state index is -0.407. The molecular formula is C15H26N4O2. The van der Waals surface area contributed by atoms with E-state index in [1.807, 2.05) is 0 Å². The van der Waals surface area contributed by atoms with Crippen LogP contribution in [0.25, 0.3) is 0 Å². The third kappa shape index (κ3) is 3.14. The van der Waals surface area contributed by atoms with Gasteiger partial charge in [-0.15, -0.1) is 0 Å². The fourth-order valence-corrected chi connectivity index (χ4v) is 2.86. The van der Waals surface area contributed by atoms with Crippen molar-refractivity contribution in [3.05, 3.63) is 5.56 Å². The number of esters is 1. The van der Waals surface area contributed by atoms with Gasteiger partial charge < -0.3 is 15.4 Å². The summed E-state index contributed by atoms with van der Waals surface area (Å²) in [5.74, 6) is 1.08. The molecule has 2 rings (SSSR count). The van der Waals surface area contributed by atoms with Gasteiger partial charge in [-0.05, 0) is 32.1 Å². The summed E-state index contributed by atoms with van der Waals surface area (Å²) >= 11 is 0. The molecule has 21 heavy (non-hydrogen) atoms. The molecule has 1 fully saturated rings. The van der Waals surface area contributed by atoms with Crippen molar-refractivity contribution < 1.29 is 9.53 Å². The van der Waals surface area contributed by atoms with Crippen LogP contribution in [-0.2, 0) is 11.3 Å². The summed E-state index contributed by atoms with van der Waals surface area (Å²) in [5.41, 5.74) is 6.56. The van der Waals surface area contributed by atoms with Crippen molar-refractivity contribution in [1.82, 2.24) is 9.78 Å². The van der Waals surface area contributed by atoms with Crippen LogP contribution in [0.2, 0.25) is 0 Å². The van der Waals surface area contributed by atoms with Crippen molar-refractivity contribution in [3.63, 3.8) is 0 Å².